The number of carboxylic acid groups (broad SMARTS) is 1. The van der Waals surface area contributed by atoms with E-state index in [9.17, 15) is 14.4 Å². The molecule has 0 heterocycles. The van der Waals surface area contributed by atoms with E-state index in [1.54, 1.807) is 0 Å². The fourth-order valence-corrected chi connectivity index (χ4v) is 0.942. The van der Waals surface area contributed by atoms with Crippen molar-refractivity contribution >= 4 is 17.8 Å². The van der Waals surface area contributed by atoms with Gasteiger partial charge in [0.1, 0.15) is 6.04 Å². The molecule has 7 nitrogen and oxygen atoms in total. The van der Waals surface area contributed by atoms with Crippen LogP contribution in [-0.2, 0) is 14.4 Å². The minimum atomic E-state index is -1.19. The summed E-state index contributed by atoms with van der Waals surface area (Å²) in [4.78, 5) is 32.1. The summed E-state index contributed by atoms with van der Waals surface area (Å²) in [5.41, 5.74) is 9.99. The molecule has 1 atom stereocenters. The number of aliphatic carboxylic acids is 1. The molecule has 0 aliphatic carbocycles. The van der Waals surface area contributed by atoms with Crippen molar-refractivity contribution in [1.82, 2.24) is 5.32 Å². The molecule has 6 N–H and O–H groups in total. The third kappa shape index (κ3) is 6.44. The van der Waals surface area contributed by atoms with Gasteiger partial charge in [-0.2, -0.15) is 0 Å². The maximum Gasteiger partial charge on any atom is 0.326 e. The van der Waals surface area contributed by atoms with Gasteiger partial charge in [0.15, 0.2) is 0 Å². The average molecular weight is 217 g/mol. The summed E-state index contributed by atoms with van der Waals surface area (Å²) in [5, 5.41) is 11.0. The van der Waals surface area contributed by atoms with Gasteiger partial charge in [-0.1, -0.05) is 0 Å². The predicted octanol–water partition coefficient (Wildman–Crippen LogP) is -1.83. The van der Waals surface area contributed by atoms with E-state index in [1.807, 2.05) is 0 Å². The minimum Gasteiger partial charge on any atom is -0.480 e. The van der Waals surface area contributed by atoms with Crippen LogP contribution in [0.1, 0.15) is 19.3 Å². The molecule has 7 heteroatoms. The first-order chi connectivity index (χ1) is 6.97. The second-order valence-corrected chi connectivity index (χ2v) is 3.00. The Morgan fingerprint density at radius 1 is 1.27 bits per heavy atom. The Hall–Kier alpha value is -1.63. The van der Waals surface area contributed by atoms with Gasteiger partial charge >= 0.3 is 5.97 Å². The van der Waals surface area contributed by atoms with Gasteiger partial charge < -0.3 is 21.9 Å². The van der Waals surface area contributed by atoms with E-state index in [0.29, 0.717) is 0 Å². The van der Waals surface area contributed by atoms with E-state index in [0.717, 1.165) is 0 Å². The van der Waals surface area contributed by atoms with Gasteiger partial charge in [-0.3, -0.25) is 9.59 Å². The first-order valence-corrected chi connectivity index (χ1v) is 4.48. The summed E-state index contributed by atoms with van der Waals surface area (Å²) in [6, 6.07) is -1.09. The molecular weight excluding hydrogens is 202 g/mol. The van der Waals surface area contributed by atoms with Crippen LogP contribution < -0.4 is 16.8 Å². The lowest BCUT2D eigenvalue weighted by Crippen LogP contribution is -2.41. The summed E-state index contributed by atoms with van der Waals surface area (Å²) in [7, 11) is 0. The molecule has 0 bridgehead atoms. The summed E-state index contributed by atoms with van der Waals surface area (Å²) < 4.78 is 0. The van der Waals surface area contributed by atoms with Crippen molar-refractivity contribution in [3.63, 3.8) is 0 Å². The normalized spacial score (nSPS) is 11.8. The van der Waals surface area contributed by atoms with Gasteiger partial charge in [0.2, 0.25) is 11.8 Å². The highest BCUT2D eigenvalue weighted by molar-refractivity contribution is 5.84. The van der Waals surface area contributed by atoms with Crippen LogP contribution in [0.5, 0.6) is 0 Å². The monoisotopic (exact) mass is 217 g/mol. The number of carbonyl (C=O) groups is 3. The van der Waals surface area contributed by atoms with Crippen molar-refractivity contribution in [2.75, 3.05) is 6.54 Å². The molecule has 0 saturated carbocycles. The Morgan fingerprint density at radius 3 is 2.27 bits per heavy atom. The molecule has 0 aromatic carbocycles. The first-order valence-electron chi connectivity index (χ1n) is 4.48. The Bertz CT molecular complexity index is 254. The van der Waals surface area contributed by atoms with E-state index in [1.165, 1.54) is 0 Å². The zero-order valence-corrected chi connectivity index (χ0v) is 8.23. The third-order valence-corrected chi connectivity index (χ3v) is 1.68. The smallest absolute Gasteiger partial charge is 0.326 e. The van der Waals surface area contributed by atoms with E-state index in [4.69, 9.17) is 16.6 Å². The van der Waals surface area contributed by atoms with E-state index < -0.39 is 23.8 Å². The molecule has 0 fully saturated rings. The number of nitrogens with one attached hydrogen (secondary N) is 1. The molecule has 2 amide bonds. The van der Waals surface area contributed by atoms with Crippen LogP contribution in [0, 0.1) is 0 Å². The lowest BCUT2D eigenvalue weighted by Gasteiger charge is -2.12. The molecule has 0 aromatic heterocycles. The molecule has 0 radical (unpaired) electrons. The van der Waals surface area contributed by atoms with Crippen LogP contribution in [0.3, 0.4) is 0 Å². The Labute approximate surface area is 86.8 Å². The summed E-state index contributed by atoms with van der Waals surface area (Å²) >= 11 is 0. The number of primary amides is 1. The molecular formula is C8H15N3O4. The van der Waals surface area contributed by atoms with Crippen LogP contribution >= 0.6 is 0 Å². The second kappa shape index (κ2) is 6.77. The van der Waals surface area contributed by atoms with Crippen molar-refractivity contribution in [3.8, 4) is 0 Å². The van der Waals surface area contributed by atoms with E-state index >= 15 is 0 Å². The number of carboxylic acids is 1. The SMILES string of the molecule is NCCC(=O)N[C@H](CCC(N)=O)C(=O)O. The van der Waals surface area contributed by atoms with Gasteiger partial charge in [-0.05, 0) is 6.42 Å². The van der Waals surface area contributed by atoms with Gasteiger partial charge in [0.05, 0.1) is 0 Å². The quantitative estimate of drug-likeness (QED) is 0.397. The van der Waals surface area contributed by atoms with Crippen molar-refractivity contribution in [1.29, 1.82) is 0 Å². The van der Waals surface area contributed by atoms with Gasteiger partial charge in [-0.15, -0.1) is 0 Å². The fourth-order valence-electron chi connectivity index (χ4n) is 0.942. The van der Waals surface area contributed by atoms with E-state index in [2.05, 4.69) is 5.32 Å². The Morgan fingerprint density at radius 2 is 1.87 bits per heavy atom. The van der Waals surface area contributed by atoms with Gasteiger partial charge in [0, 0.05) is 19.4 Å². The number of hydrogen-bond donors (Lipinski definition) is 4. The van der Waals surface area contributed by atoms with Crippen molar-refractivity contribution in [2.45, 2.75) is 25.3 Å². The number of rotatable bonds is 7. The average Bonchev–Trinajstić information content (AvgIpc) is 2.11. The second-order valence-electron chi connectivity index (χ2n) is 3.00. The highest BCUT2D eigenvalue weighted by Crippen LogP contribution is 1.97. The molecule has 0 rings (SSSR count). The number of nitrogens with two attached hydrogens (primary N) is 2. The topological polar surface area (TPSA) is 136 Å². The minimum absolute atomic E-state index is 0.0129. The lowest BCUT2D eigenvalue weighted by molar-refractivity contribution is -0.142. The van der Waals surface area contributed by atoms with Crippen molar-refractivity contribution in [3.05, 3.63) is 0 Å². The van der Waals surface area contributed by atoms with Crippen LogP contribution in [0.4, 0.5) is 0 Å². The highest BCUT2D eigenvalue weighted by atomic mass is 16.4. The molecule has 86 valence electrons. The van der Waals surface area contributed by atoms with Gasteiger partial charge in [0.25, 0.3) is 0 Å². The zero-order valence-electron chi connectivity index (χ0n) is 8.23. The number of hydrogen-bond acceptors (Lipinski definition) is 4. The van der Waals surface area contributed by atoms with Crippen molar-refractivity contribution in [2.24, 2.45) is 11.5 Å². The number of amides is 2. The summed E-state index contributed by atoms with van der Waals surface area (Å²) in [6.07, 6.45) is -0.0405. The maximum absolute atomic E-state index is 11.0. The lowest BCUT2D eigenvalue weighted by atomic mass is 10.1. The standard InChI is InChI=1S/C8H15N3O4/c9-4-3-7(13)11-5(8(14)15)1-2-6(10)12/h5H,1-4,9H2,(H2,10,12)(H,11,13)(H,14,15)/t5-/m1/s1. The Balaban J connectivity index is 4.10. The zero-order chi connectivity index (χ0) is 11.8. The van der Waals surface area contributed by atoms with Crippen LogP contribution in [-0.4, -0.2) is 35.5 Å². The fraction of sp³-hybridized carbons (Fsp3) is 0.625. The molecule has 0 saturated heterocycles. The first kappa shape index (κ1) is 13.4. The van der Waals surface area contributed by atoms with Crippen molar-refractivity contribution < 1.29 is 19.5 Å². The van der Waals surface area contributed by atoms with Gasteiger partial charge in [-0.25, -0.2) is 4.79 Å². The third-order valence-electron chi connectivity index (χ3n) is 1.68. The van der Waals surface area contributed by atoms with E-state index in [-0.39, 0.29) is 25.8 Å². The summed E-state index contributed by atoms with van der Waals surface area (Å²) in [5.74, 6) is -2.25. The largest absolute Gasteiger partial charge is 0.480 e. The highest BCUT2D eigenvalue weighted by Gasteiger charge is 2.19. The molecule has 0 aliphatic rings. The van der Waals surface area contributed by atoms with Crippen LogP contribution in [0.25, 0.3) is 0 Å². The molecule has 0 aromatic rings. The molecule has 0 aliphatic heterocycles. The molecule has 15 heavy (non-hydrogen) atoms. The Kier molecular flexibility index (Phi) is 6.03. The van der Waals surface area contributed by atoms with Crippen LogP contribution in [0.2, 0.25) is 0 Å². The molecule has 0 unspecified atom stereocenters. The number of carbonyl (C=O) groups excluding carboxylic acids is 2. The maximum atomic E-state index is 11.0. The molecule has 0 spiro atoms. The predicted molar refractivity (Wildman–Crippen MR) is 51.7 cm³/mol. The summed E-state index contributed by atoms with van der Waals surface area (Å²) in [6.45, 7) is 0.147. The van der Waals surface area contributed by atoms with Crippen LogP contribution in [0.15, 0.2) is 0 Å².